The Labute approximate surface area is 187 Å². The van der Waals surface area contributed by atoms with Crippen molar-refractivity contribution >= 4 is 18.0 Å². The van der Waals surface area contributed by atoms with Gasteiger partial charge in [0.15, 0.2) is 6.04 Å². The standard InChI is InChI=1S/C26H25N3O3/c1-17-4-8-19(9-5-17)16-29-24(20-10-6-18(2)7-11-20)23(26(31)28-29)27-25(30)21-12-14-22(32-3)15-13-21/h4-16,23-24H,1-3H3,(H-,27,28,30,31)/p+1/b29-16-/t23-,24+/m0/s1. The Balaban J connectivity index is 1.67. The van der Waals surface area contributed by atoms with Crippen LogP contribution in [-0.2, 0) is 4.79 Å². The van der Waals surface area contributed by atoms with Gasteiger partial charge in [0.25, 0.3) is 5.91 Å². The van der Waals surface area contributed by atoms with Gasteiger partial charge in [0.2, 0.25) is 12.3 Å². The predicted molar refractivity (Wildman–Crippen MR) is 123 cm³/mol. The third kappa shape index (κ3) is 4.54. The monoisotopic (exact) mass is 428 g/mol. The van der Waals surface area contributed by atoms with Crippen LogP contribution in [0, 0.1) is 13.8 Å². The second-order valence-corrected chi connectivity index (χ2v) is 7.96. The third-order valence-corrected chi connectivity index (χ3v) is 5.56. The smallest absolute Gasteiger partial charge is 0.304 e. The summed E-state index contributed by atoms with van der Waals surface area (Å²) >= 11 is 0. The first kappa shape index (κ1) is 21.3. The van der Waals surface area contributed by atoms with Gasteiger partial charge in [0.1, 0.15) is 5.75 Å². The van der Waals surface area contributed by atoms with Crippen LogP contribution < -0.4 is 15.5 Å². The Morgan fingerprint density at radius 3 is 2.12 bits per heavy atom. The molecule has 2 atom stereocenters. The Hall–Kier alpha value is -3.93. The number of carbonyl (C=O) groups excluding carboxylic acids is 2. The number of nitrogens with zero attached hydrogens (tertiary/aromatic N) is 1. The molecule has 1 aliphatic rings. The van der Waals surface area contributed by atoms with Crippen LogP contribution >= 0.6 is 0 Å². The van der Waals surface area contributed by atoms with E-state index in [9.17, 15) is 9.59 Å². The lowest BCUT2D eigenvalue weighted by Crippen LogP contribution is -2.42. The highest BCUT2D eigenvalue weighted by molar-refractivity contribution is 5.98. The van der Waals surface area contributed by atoms with E-state index in [1.54, 1.807) is 36.1 Å². The first-order chi connectivity index (χ1) is 15.4. The predicted octanol–water partition coefficient (Wildman–Crippen LogP) is 3.33. The zero-order chi connectivity index (χ0) is 22.7. The van der Waals surface area contributed by atoms with Crippen molar-refractivity contribution in [3.63, 3.8) is 0 Å². The van der Waals surface area contributed by atoms with Crippen LogP contribution in [0.2, 0.25) is 0 Å². The van der Waals surface area contributed by atoms with Crippen molar-refractivity contribution in [1.82, 2.24) is 10.7 Å². The molecular weight excluding hydrogens is 402 g/mol. The van der Waals surface area contributed by atoms with Crippen molar-refractivity contribution in [2.45, 2.75) is 25.9 Å². The van der Waals surface area contributed by atoms with Gasteiger partial charge in [0.05, 0.1) is 7.11 Å². The largest absolute Gasteiger partial charge is 0.497 e. The number of aryl methyl sites for hydroxylation is 2. The van der Waals surface area contributed by atoms with E-state index in [1.165, 1.54) is 0 Å². The van der Waals surface area contributed by atoms with Crippen LogP contribution in [0.3, 0.4) is 0 Å². The molecule has 2 N–H and O–H groups in total. The molecule has 1 fully saturated rings. The Morgan fingerprint density at radius 2 is 1.53 bits per heavy atom. The maximum atomic E-state index is 12.9. The van der Waals surface area contributed by atoms with Crippen LogP contribution in [0.1, 0.15) is 38.7 Å². The fraction of sp³-hybridized carbons (Fsp3) is 0.192. The highest BCUT2D eigenvalue weighted by atomic mass is 16.5. The quantitative estimate of drug-likeness (QED) is 0.613. The second-order valence-electron chi connectivity index (χ2n) is 7.96. The highest BCUT2D eigenvalue weighted by Gasteiger charge is 2.47. The molecule has 1 saturated heterocycles. The van der Waals surface area contributed by atoms with E-state index in [2.05, 4.69) is 10.7 Å². The molecule has 2 amide bonds. The molecule has 6 nitrogen and oxygen atoms in total. The molecule has 32 heavy (non-hydrogen) atoms. The summed E-state index contributed by atoms with van der Waals surface area (Å²) in [6, 6.07) is 21.7. The first-order valence-electron chi connectivity index (χ1n) is 10.5. The fourth-order valence-electron chi connectivity index (χ4n) is 3.72. The molecule has 0 unspecified atom stereocenters. The SMILES string of the molecule is COc1ccc(C(=O)N[C@@H]2C(=O)N/[N+](=C\c3ccc(C)cc3)[C@@H]2c2ccc(C)cc2)cc1. The Kier molecular flexibility index (Phi) is 6.03. The van der Waals surface area contributed by atoms with Crippen molar-refractivity contribution in [3.05, 3.63) is 101 Å². The highest BCUT2D eigenvalue weighted by Crippen LogP contribution is 2.26. The summed E-state index contributed by atoms with van der Waals surface area (Å²) in [7, 11) is 1.57. The number of benzene rings is 3. The number of methoxy groups -OCH3 is 1. The van der Waals surface area contributed by atoms with E-state index in [0.29, 0.717) is 11.3 Å². The van der Waals surface area contributed by atoms with Gasteiger partial charge in [0, 0.05) is 16.7 Å². The summed E-state index contributed by atoms with van der Waals surface area (Å²) in [6.07, 6.45) is 1.89. The summed E-state index contributed by atoms with van der Waals surface area (Å²) < 4.78 is 6.93. The number of nitrogens with one attached hydrogen (secondary N) is 2. The number of hydrogen-bond donors (Lipinski definition) is 2. The summed E-state index contributed by atoms with van der Waals surface area (Å²) in [5, 5.41) is 2.92. The number of carbonyl (C=O) groups is 2. The van der Waals surface area contributed by atoms with E-state index in [-0.39, 0.29) is 11.8 Å². The van der Waals surface area contributed by atoms with Crippen LogP contribution in [-0.4, -0.2) is 35.9 Å². The van der Waals surface area contributed by atoms with Crippen molar-refractivity contribution in [1.29, 1.82) is 0 Å². The number of amides is 2. The third-order valence-electron chi connectivity index (χ3n) is 5.56. The number of hydrogen-bond acceptors (Lipinski definition) is 3. The van der Waals surface area contributed by atoms with Gasteiger partial charge in [-0.2, -0.15) is 0 Å². The first-order valence-corrected chi connectivity index (χ1v) is 10.5. The van der Waals surface area contributed by atoms with Crippen LogP contribution in [0.25, 0.3) is 0 Å². The zero-order valence-corrected chi connectivity index (χ0v) is 18.3. The maximum Gasteiger partial charge on any atom is 0.304 e. The molecule has 0 saturated carbocycles. The lowest BCUT2D eigenvalue weighted by atomic mass is 9.98. The van der Waals surface area contributed by atoms with E-state index in [4.69, 9.17) is 4.74 Å². The van der Waals surface area contributed by atoms with Crippen molar-refractivity contribution in [2.24, 2.45) is 0 Å². The molecule has 4 rings (SSSR count). The van der Waals surface area contributed by atoms with Crippen molar-refractivity contribution in [3.8, 4) is 5.75 Å². The zero-order valence-electron chi connectivity index (χ0n) is 18.3. The molecule has 0 aliphatic carbocycles. The summed E-state index contributed by atoms with van der Waals surface area (Å²) in [5.41, 5.74) is 7.54. The molecule has 0 spiro atoms. The van der Waals surface area contributed by atoms with Crippen LogP contribution in [0.15, 0.2) is 72.8 Å². The molecule has 3 aromatic rings. The molecule has 3 aromatic carbocycles. The van der Waals surface area contributed by atoms with Gasteiger partial charge < -0.3 is 10.1 Å². The van der Waals surface area contributed by atoms with Crippen molar-refractivity contribution in [2.75, 3.05) is 7.11 Å². The fourth-order valence-corrected chi connectivity index (χ4v) is 3.72. The van der Waals surface area contributed by atoms with Gasteiger partial charge in [-0.3, -0.25) is 9.59 Å². The number of rotatable bonds is 5. The summed E-state index contributed by atoms with van der Waals surface area (Å²) in [5.74, 6) is 0.0828. The van der Waals surface area contributed by atoms with E-state index >= 15 is 0 Å². The lowest BCUT2D eigenvalue weighted by Gasteiger charge is -2.15. The minimum atomic E-state index is -0.756. The van der Waals surface area contributed by atoms with Crippen LogP contribution in [0.5, 0.6) is 5.75 Å². The minimum absolute atomic E-state index is 0.263. The minimum Gasteiger partial charge on any atom is -0.497 e. The van der Waals surface area contributed by atoms with E-state index < -0.39 is 12.1 Å². The Bertz CT molecular complexity index is 1150. The van der Waals surface area contributed by atoms with E-state index in [1.807, 2.05) is 68.6 Å². The number of hydrazone groups is 1. The van der Waals surface area contributed by atoms with E-state index in [0.717, 1.165) is 22.3 Å². The number of ether oxygens (including phenoxy) is 1. The van der Waals surface area contributed by atoms with Gasteiger partial charge in [-0.05, 0) is 50.2 Å². The van der Waals surface area contributed by atoms with Gasteiger partial charge in [-0.1, -0.05) is 47.5 Å². The molecule has 1 heterocycles. The Morgan fingerprint density at radius 1 is 0.938 bits per heavy atom. The second kappa shape index (κ2) is 9.06. The molecule has 162 valence electrons. The number of hydrazine groups is 1. The van der Waals surface area contributed by atoms with Gasteiger partial charge in [-0.25, -0.2) is 0 Å². The average Bonchev–Trinajstić information content (AvgIpc) is 3.10. The molecular formula is C26H26N3O3+. The van der Waals surface area contributed by atoms with Gasteiger partial charge in [-0.15, -0.1) is 10.1 Å². The molecule has 0 radical (unpaired) electrons. The maximum absolute atomic E-state index is 12.9. The van der Waals surface area contributed by atoms with Crippen molar-refractivity contribution < 1.29 is 19.0 Å². The van der Waals surface area contributed by atoms with Gasteiger partial charge >= 0.3 is 5.91 Å². The summed E-state index contributed by atoms with van der Waals surface area (Å²) in [6.45, 7) is 4.04. The summed E-state index contributed by atoms with van der Waals surface area (Å²) in [4.78, 5) is 25.9. The molecule has 0 aromatic heterocycles. The normalized spacial score (nSPS) is 19.0. The van der Waals surface area contributed by atoms with Crippen LogP contribution in [0.4, 0.5) is 0 Å². The molecule has 6 heteroatoms. The lowest BCUT2D eigenvalue weighted by molar-refractivity contribution is -0.596. The topological polar surface area (TPSA) is 70.4 Å². The molecule has 0 bridgehead atoms. The molecule has 1 aliphatic heterocycles. The average molecular weight is 429 g/mol.